The second-order valence-electron chi connectivity index (χ2n) is 15.5. The van der Waals surface area contributed by atoms with Gasteiger partial charge in [0.25, 0.3) is 0 Å². The molecule has 5 aromatic carbocycles. The summed E-state index contributed by atoms with van der Waals surface area (Å²) < 4.78 is 4.52. The fraction of sp³-hybridized carbons (Fsp3) is 0.170. The summed E-state index contributed by atoms with van der Waals surface area (Å²) >= 11 is 0. The van der Waals surface area contributed by atoms with Crippen molar-refractivity contribution in [3.05, 3.63) is 151 Å². The number of hydrogen-bond acceptors (Lipinski definition) is 1. The Hall–Kier alpha value is -5.67. The second-order valence-corrected chi connectivity index (χ2v) is 15.5. The van der Waals surface area contributed by atoms with Gasteiger partial charge in [-0.15, -0.1) is 0 Å². The molecule has 0 saturated carbocycles. The third-order valence-corrected chi connectivity index (χ3v) is 10.3. The molecule has 3 heteroatoms. The number of aromatic nitrogens is 3. The van der Waals surface area contributed by atoms with Gasteiger partial charge in [0.1, 0.15) is 0 Å². The van der Waals surface area contributed by atoms with Crippen LogP contribution in [-0.4, -0.2) is 14.2 Å². The van der Waals surface area contributed by atoms with Crippen molar-refractivity contribution in [2.75, 3.05) is 0 Å². The van der Waals surface area contributed by atoms with E-state index >= 15 is 0 Å². The molecule has 8 aromatic rings. The summed E-state index contributed by atoms with van der Waals surface area (Å²) in [7, 11) is 0. The molecule has 3 heterocycles. The average molecular weight is 650 g/mol. The van der Waals surface area contributed by atoms with Gasteiger partial charge in [0.15, 0.2) is 0 Å². The normalized spacial score (nSPS) is 12.4. The third kappa shape index (κ3) is 5.08. The van der Waals surface area contributed by atoms with Crippen LogP contribution in [0.15, 0.2) is 129 Å². The molecule has 246 valence electrons. The van der Waals surface area contributed by atoms with Crippen LogP contribution in [-0.2, 0) is 10.8 Å². The van der Waals surface area contributed by atoms with Crippen LogP contribution < -0.4 is 0 Å². The Labute approximate surface area is 294 Å². The van der Waals surface area contributed by atoms with Gasteiger partial charge in [-0.1, -0.05) is 115 Å². The maximum atomic E-state index is 4.90. The molecular formula is C47H43N3. The minimum Gasteiger partial charge on any atom is -0.309 e. The van der Waals surface area contributed by atoms with E-state index in [1.165, 1.54) is 32.9 Å². The van der Waals surface area contributed by atoms with E-state index in [1.54, 1.807) is 0 Å². The first-order chi connectivity index (χ1) is 24.0. The van der Waals surface area contributed by atoms with Crippen LogP contribution in [0.25, 0.3) is 78.3 Å². The zero-order chi connectivity index (χ0) is 34.9. The van der Waals surface area contributed by atoms with Crippen LogP contribution in [0.4, 0.5) is 0 Å². The van der Waals surface area contributed by atoms with E-state index in [1.807, 2.05) is 18.3 Å². The predicted octanol–water partition coefficient (Wildman–Crippen LogP) is 12.8. The van der Waals surface area contributed by atoms with Crippen LogP contribution in [0.2, 0.25) is 0 Å². The SMILES string of the molecule is C=Cc1cc(-c2ccccc2)c(-c2cc3ccc(-n4c5ccc(C(C)(C)C)cc5c5cc(C(C)(C)C)ccc54)cc3c3ccnn23)cc1C=C. The van der Waals surface area contributed by atoms with Crippen molar-refractivity contribution in [3.63, 3.8) is 0 Å². The van der Waals surface area contributed by atoms with Crippen molar-refractivity contribution >= 4 is 50.2 Å². The Bertz CT molecular complexity index is 2560. The highest BCUT2D eigenvalue weighted by Crippen LogP contribution is 2.41. The Balaban J connectivity index is 1.38. The molecular weight excluding hydrogens is 607 g/mol. The third-order valence-electron chi connectivity index (χ3n) is 10.3. The smallest absolute Gasteiger partial charge is 0.0747 e. The van der Waals surface area contributed by atoms with E-state index in [9.17, 15) is 0 Å². The lowest BCUT2D eigenvalue weighted by atomic mass is 9.85. The van der Waals surface area contributed by atoms with E-state index in [4.69, 9.17) is 5.10 Å². The van der Waals surface area contributed by atoms with Crippen molar-refractivity contribution in [2.24, 2.45) is 0 Å². The predicted molar refractivity (Wildman–Crippen MR) is 215 cm³/mol. The summed E-state index contributed by atoms with van der Waals surface area (Å²) in [5, 5.41) is 9.80. The molecule has 3 aromatic heterocycles. The maximum absolute atomic E-state index is 4.90. The van der Waals surface area contributed by atoms with Crippen LogP contribution in [0, 0.1) is 0 Å². The molecule has 0 aliphatic carbocycles. The number of pyridine rings is 1. The number of hydrogen-bond donors (Lipinski definition) is 0. The van der Waals surface area contributed by atoms with Gasteiger partial charge in [-0.3, -0.25) is 0 Å². The van der Waals surface area contributed by atoms with Crippen molar-refractivity contribution < 1.29 is 0 Å². The lowest BCUT2D eigenvalue weighted by Gasteiger charge is -2.19. The minimum absolute atomic E-state index is 0.0529. The van der Waals surface area contributed by atoms with Gasteiger partial charge >= 0.3 is 0 Å². The first-order valence-electron chi connectivity index (χ1n) is 17.4. The molecule has 0 radical (unpaired) electrons. The Kier molecular flexibility index (Phi) is 7.24. The largest absolute Gasteiger partial charge is 0.309 e. The standard InChI is InChI=1S/C47H43N3/c1-9-30-24-37(32-14-12-11-13-15-32)39(25-31(30)10-2)45-26-33-16-19-36(29-38(33)44-22-23-48-50(44)45)49-42-20-17-34(46(3,4)5)27-40(42)41-28-35(47(6,7)8)18-21-43(41)49/h9-29H,1-2H2,3-8H3. The highest BCUT2D eigenvalue weighted by Gasteiger charge is 2.22. The van der Waals surface area contributed by atoms with Gasteiger partial charge < -0.3 is 4.57 Å². The topological polar surface area (TPSA) is 22.2 Å². The van der Waals surface area contributed by atoms with Crippen molar-refractivity contribution in [1.29, 1.82) is 0 Å². The molecule has 0 fully saturated rings. The Morgan fingerprint density at radius 2 is 1.16 bits per heavy atom. The van der Waals surface area contributed by atoms with Gasteiger partial charge in [0.05, 0.1) is 28.4 Å². The first-order valence-corrected chi connectivity index (χ1v) is 17.4. The number of nitrogens with zero attached hydrogens (tertiary/aromatic N) is 3. The van der Waals surface area contributed by atoms with E-state index in [0.29, 0.717) is 0 Å². The summed E-state index contributed by atoms with van der Waals surface area (Å²) in [6.07, 6.45) is 5.72. The molecule has 0 N–H and O–H groups in total. The fourth-order valence-corrected chi connectivity index (χ4v) is 7.42. The minimum atomic E-state index is 0.0529. The maximum Gasteiger partial charge on any atom is 0.0747 e. The van der Waals surface area contributed by atoms with E-state index in [0.717, 1.165) is 55.5 Å². The molecule has 0 aliphatic rings. The van der Waals surface area contributed by atoms with Crippen LogP contribution >= 0.6 is 0 Å². The quantitative estimate of drug-likeness (QED) is 0.182. The highest BCUT2D eigenvalue weighted by molar-refractivity contribution is 6.10. The van der Waals surface area contributed by atoms with Gasteiger partial charge in [-0.25, -0.2) is 4.52 Å². The van der Waals surface area contributed by atoms with E-state index < -0.39 is 0 Å². The van der Waals surface area contributed by atoms with Crippen molar-refractivity contribution in [2.45, 2.75) is 52.4 Å². The summed E-state index contributed by atoms with van der Waals surface area (Å²) in [6, 6.07) is 40.3. The summed E-state index contributed by atoms with van der Waals surface area (Å²) in [5.41, 5.74) is 13.9. The lowest BCUT2D eigenvalue weighted by molar-refractivity contribution is 0.590. The number of rotatable bonds is 5. The zero-order valence-electron chi connectivity index (χ0n) is 29.9. The average Bonchev–Trinajstić information content (AvgIpc) is 3.73. The first kappa shape index (κ1) is 31.6. The number of benzene rings is 5. The molecule has 0 spiro atoms. The molecule has 0 amide bonds. The molecule has 0 unspecified atom stereocenters. The van der Waals surface area contributed by atoms with Gasteiger partial charge in [-0.05, 0) is 110 Å². The molecule has 8 rings (SSSR count). The van der Waals surface area contributed by atoms with Gasteiger partial charge in [0.2, 0.25) is 0 Å². The second kappa shape index (κ2) is 11.5. The zero-order valence-corrected chi connectivity index (χ0v) is 29.9. The Morgan fingerprint density at radius 3 is 1.74 bits per heavy atom. The van der Waals surface area contributed by atoms with Gasteiger partial charge in [-0.2, -0.15) is 5.10 Å². The van der Waals surface area contributed by atoms with E-state index in [-0.39, 0.29) is 10.8 Å². The van der Waals surface area contributed by atoms with Crippen LogP contribution in [0.5, 0.6) is 0 Å². The Morgan fingerprint density at radius 1 is 0.560 bits per heavy atom. The fourth-order valence-electron chi connectivity index (χ4n) is 7.42. The number of fused-ring (bicyclic) bond motifs is 6. The van der Waals surface area contributed by atoms with Crippen LogP contribution in [0.3, 0.4) is 0 Å². The van der Waals surface area contributed by atoms with E-state index in [2.05, 4.69) is 173 Å². The highest BCUT2D eigenvalue weighted by atomic mass is 15.2. The molecule has 50 heavy (non-hydrogen) atoms. The summed E-state index contributed by atoms with van der Waals surface area (Å²) in [6.45, 7) is 21.9. The molecule has 0 bridgehead atoms. The monoisotopic (exact) mass is 649 g/mol. The molecule has 0 aliphatic heterocycles. The summed E-state index contributed by atoms with van der Waals surface area (Å²) in [5.74, 6) is 0. The van der Waals surface area contributed by atoms with Gasteiger partial charge in [0, 0.05) is 27.4 Å². The summed E-state index contributed by atoms with van der Waals surface area (Å²) in [4.78, 5) is 0. The molecule has 0 atom stereocenters. The van der Waals surface area contributed by atoms with Crippen LogP contribution in [0.1, 0.15) is 63.8 Å². The molecule has 0 saturated heterocycles. The van der Waals surface area contributed by atoms with Crippen molar-refractivity contribution in [3.8, 4) is 28.1 Å². The molecule has 3 nitrogen and oxygen atoms in total. The van der Waals surface area contributed by atoms with Crippen molar-refractivity contribution in [1.82, 2.24) is 14.2 Å². The lowest BCUT2D eigenvalue weighted by Crippen LogP contribution is -2.10.